The molecule has 0 aromatic heterocycles. The third kappa shape index (κ3) is 4.09. The number of carbonyl (C=O) groups is 2. The molecule has 114 valence electrons. The molecule has 1 saturated heterocycles. The Morgan fingerprint density at radius 3 is 2.43 bits per heavy atom. The summed E-state index contributed by atoms with van der Waals surface area (Å²) in [6, 6.07) is 7.73. The van der Waals surface area contributed by atoms with E-state index < -0.39 is 0 Å². The lowest BCUT2D eigenvalue weighted by atomic mass is 10.0. The van der Waals surface area contributed by atoms with Gasteiger partial charge >= 0.3 is 6.03 Å². The minimum Gasteiger partial charge on any atom is -0.349 e. The summed E-state index contributed by atoms with van der Waals surface area (Å²) in [5.41, 5.74) is 0.713. The molecule has 1 heterocycles. The molecule has 21 heavy (non-hydrogen) atoms. The standard InChI is InChI=1S/C15H20IN3O2/c1-18(2)15(21)19-9-7-11(8-10-19)17-14(20)12-5-3-4-6-13(12)16/h3-6,11H,7-10H2,1-2H3,(H,17,20). The van der Waals surface area contributed by atoms with Crippen molar-refractivity contribution in [2.45, 2.75) is 18.9 Å². The molecule has 0 radical (unpaired) electrons. The Kier molecular flexibility index (Phi) is 5.44. The van der Waals surface area contributed by atoms with Gasteiger partial charge in [-0.2, -0.15) is 0 Å². The molecule has 5 nitrogen and oxygen atoms in total. The maximum absolute atomic E-state index is 12.3. The van der Waals surface area contributed by atoms with Gasteiger partial charge in [0.05, 0.1) is 5.56 Å². The molecule has 0 saturated carbocycles. The van der Waals surface area contributed by atoms with Crippen LogP contribution in [0.25, 0.3) is 0 Å². The van der Waals surface area contributed by atoms with Gasteiger partial charge in [-0.1, -0.05) is 12.1 Å². The van der Waals surface area contributed by atoms with Crippen molar-refractivity contribution in [2.75, 3.05) is 27.2 Å². The lowest BCUT2D eigenvalue weighted by molar-refractivity contribution is 0.0913. The van der Waals surface area contributed by atoms with Crippen LogP contribution in [0.5, 0.6) is 0 Å². The normalized spacial score (nSPS) is 15.7. The summed E-state index contributed by atoms with van der Waals surface area (Å²) in [6.45, 7) is 1.38. The average Bonchev–Trinajstić information content (AvgIpc) is 2.47. The maximum Gasteiger partial charge on any atom is 0.319 e. The SMILES string of the molecule is CN(C)C(=O)N1CCC(NC(=O)c2ccccc2I)CC1. The van der Waals surface area contributed by atoms with E-state index in [9.17, 15) is 9.59 Å². The van der Waals surface area contributed by atoms with Gasteiger partial charge in [0.25, 0.3) is 5.91 Å². The smallest absolute Gasteiger partial charge is 0.319 e. The predicted molar refractivity (Wildman–Crippen MR) is 90.3 cm³/mol. The molecule has 1 fully saturated rings. The summed E-state index contributed by atoms with van der Waals surface area (Å²) in [7, 11) is 3.51. The van der Waals surface area contributed by atoms with Crippen molar-refractivity contribution in [3.8, 4) is 0 Å². The van der Waals surface area contributed by atoms with Gasteiger partial charge in [-0.15, -0.1) is 0 Å². The first-order chi connectivity index (χ1) is 9.99. The fourth-order valence-electron chi connectivity index (χ4n) is 2.41. The number of urea groups is 1. The van der Waals surface area contributed by atoms with E-state index in [1.54, 1.807) is 19.0 Å². The highest BCUT2D eigenvalue weighted by Gasteiger charge is 2.25. The van der Waals surface area contributed by atoms with E-state index >= 15 is 0 Å². The van der Waals surface area contributed by atoms with Crippen molar-refractivity contribution in [1.82, 2.24) is 15.1 Å². The molecule has 0 aliphatic carbocycles. The van der Waals surface area contributed by atoms with Gasteiger partial charge in [0.2, 0.25) is 0 Å². The van der Waals surface area contributed by atoms with E-state index in [1.807, 2.05) is 29.2 Å². The Balaban J connectivity index is 1.88. The lowest BCUT2D eigenvalue weighted by Gasteiger charge is -2.34. The summed E-state index contributed by atoms with van der Waals surface area (Å²) in [6.07, 6.45) is 1.60. The predicted octanol–water partition coefficient (Wildman–Crippen LogP) is 2.17. The second kappa shape index (κ2) is 7.11. The first-order valence-corrected chi connectivity index (χ1v) is 8.08. The third-order valence-corrected chi connectivity index (χ3v) is 4.54. The molecule has 1 N–H and O–H groups in total. The highest BCUT2D eigenvalue weighted by atomic mass is 127. The van der Waals surface area contributed by atoms with Crippen molar-refractivity contribution in [3.63, 3.8) is 0 Å². The zero-order chi connectivity index (χ0) is 15.4. The molecule has 6 heteroatoms. The topological polar surface area (TPSA) is 52.7 Å². The van der Waals surface area contributed by atoms with Crippen molar-refractivity contribution in [3.05, 3.63) is 33.4 Å². The van der Waals surface area contributed by atoms with Crippen molar-refractivity contribution in [1.29, 1.82) is 0 Å². The number of nitrogens with zero attached hydrogens (tertiary/aromatic N) is 2. The molecule has 2 rings (SSSR count). The summed E-state index contributed by atoms with van der Waals surface area (Å²) < 4.78 is 0.952. The Hall–Kier alpha value is -1.31. The molecule has 1 aromatic carbocycles. The molecule has 1 aliphatic heterocycles. The molecule has 0 bridgehead atoms. The monoisotopic (exact) mass is 401 g/mol. The van der Waals surface area contributed by atoms with Crippen molar-refractivity contribution >= 4 is 34.5 Å². The van der Waals surface area contributed by atoms with Gasteiger partial charge in [0.1, 0.15) is 0 Å². The van der Waals surface area contributed by atoms with Crippen LogP contribution in [0, 0.1) is 3.57 Å². The average molecular weight is 401 g/mol. The second-order valence-corrected chi connectivity index (χ2v) is 6.55. The highest BCUT2D eigenvalue weighted by Crippen LogP contribution is 2.15. The van der Waals surface area contributed by atoms with E-state index in [0.717, 1.165) is 16.4 Å². The van der Waals surface area contributed by atoms with Crippen LogP contribution in [0.2, 0.25) is 0 Å². The summed E-state index contributed by atoms with van der Waals surface area (Å²) in [5, 5.41) is 3.07. The number of nitrogens with one attached hydrogen (secondary N) is 1. The summed E-state index contributed by atoms with van der Waals surface area (Å²) in [5.74, 6) is -0.0302. The van der Waals surface area contributed by atoms with Crippen LogP contribution in [0.3, 0.4) is 0 Å². The Morgan fingerprint density at radius 1 is 1.24 bits per heavy atom. The van der Waals surface area contributed by atoms with Crippen LogP contribution in [-0.2, 0) is 0 Å². The molecular weight excluding hydrogens is 381 g/mol. The Morgan fingerprint density at radius 2 is 1.86 bits per heavy atom. The van der Waals surface area contributed by atoms with Gasteiger partial charge in [-0.25, -0.2) is 4.79 Å². The zero-order valence-corrected chi connectivity index (χ0v) is 14.5. The third-order valence-electron chi connectivity index (χ3n) is 3.60. The van der Waals surface area contributed by atoms with E-state index in [1.165, 1.54) is 0 Å². The maximum atomic E-state index is 12.3. The van der Waals surface area contributed by atoms with Gasteiger partial charge in [0, 0.05) is 36.8 Å². The lowest BCUT2D eigenvalue weighted by Crippen LogP contribution is -2.49. The number of rotatable bonds is 2. The number of halogens is 1. The van der Waals surface area contributed by atoms with Crippen LogP contribution in [0.15, 0.2) is 24.3 Å². The number of benzene rings is 1. The van der Waals surface area contributed by atoms with Gasteiger partial charge in [-0.05, 0) is 47.6 Å². The summed E-state index contributed by atoms with van der Waals surface area (Å²) in [4.78, 5) is 27.5. The molecule has 3 amide bonds. The molecule has 0 atom stereocenters. The Bertz CT molecular complexity index is 525. The van der Waals surface area contributed by atoms with Gasteiger partial charge in [-0.3, -0.25) is 4.79 Å². The number of amides is 3. The quantitative estimate of drug-likeness (QED) is 0.773. The minimum absolute atomic E-state index is 0.0302. The molecule has 1 aliphatic rings. The van der Waals surface area contributed by atoms with Crippen LogP contribution >= 0.6 is 22.6 Å². The highest BCUT2D eigenvalue weighted by molar-refractivity contribution is 14.1. The Labute approximate surface area is 138 Å². The fourth-order valence-corrected chi connectivity index (χ4v) is 3.04. The van der Waals surface area contributed by atoms with Crippen LogP contribution in [-0.4, -0.2) is 55.0 Å². The number of hydrogen-bond acceptors (Lipinski definition) is 2. The molecule has 0 spiro atoms. The fraction of sp³-hybridized carbons (Fsp3) is 0.467. The van der Waals surface area contributed by atoms with Crippen LogP contribution < -0.4 is 5.32 Å². The zero-order valence-electron chi connectivity index (χ0n) is 12.3. The van der Waals surface area contributed by atoms with E-state index in [0.29, 0.717) is 18.7 Å². The number of carbonyl (C=O) groups excluding carboxylic acids is 2. The summed E-state index contributed by atoms with van der Waals surface area (Å²) >= 11 is 2.17. The molecule has 0 unspecified atom stereocenters. The molecular formula is C15H20IN3O2. The van der Waals surface area contributed by atoms with Crippen molar-refractivity contribution < 1.29 is 9.59 Å². The van der Waals surface area contributed by atoms with Gasteiger partial charge < -0.3 is 15.1 Å². The van der Waals surface area contributed by atoms with Crippen LogP contribution in [0.1, 0.15) is 23.2 Å². The molecule has 1 aromatic rings. The van der Waals surface area contributed by atoms with E-state index in [4.69, 9.17) is 0 Å². The van der Waals surface area contributed by atoms with E-state index in [2.05, 4.69) is 27.9 Å². The number of likely N-dealkylation sites (tertiary alicyclic amines) is 1. The largest absolute Gasteiger partial charge is 0.349 e. The van der Waals surface area contributed by atoms with Crippen molar-refractivity contribution in [2.24, 2.45) is 0 Å². The number of hydrogen-bond donors (Lipinski definition) is 1. The van der Waals surface area contributed by atoms with Gasteiger partial charge in [0.15, 0.2) is 0 Å². The first-order valence-electron chi connectivity index (χ1n) is 7.00. The first kappa shape index (κ1) is 16.1. The number of piperidine rings is 1. The van der Waals surface area contributed by atoms with E-state index in [-0.39, 0.29) is 18.0 Å². The minimum atomic E-state index is -0.0302. The second-order valence-electron chi connectivity index (χ2n) is 5.39. The van der Waals surface area contributed by atoms with Crippen LogP contribution in [0.4, 0.5) is 4.79 Å².